The fourth-order valence-electron chi connectivity index (χ4n) is 3.58. The van der Waals surface area contributed by atoms with Crippen LogP contribution >= 0.6 is 0 Å². The number of carbonyl (C=O) groups is 1. The standard InChI is InChI=1S/C18H20F5NO3/c1-16(2)15(26)14(24-8-4-3-5-13(24)25)11-9-10(6-7-12(11)27-16)17(19,20)18(21,22)23/h6-7,9,14-15,26H,3-5,8H2,1-2H3/t14-,15-/m1/s1. The van der Waals surface area contributed by atoms with Gasteiger partial charge in [-0.05, 0) is 44.9 Å². The number of amides is 1. The molecule has 9 heteroatoms. The van der Waals surface area contributed by atoms with Crippen LogP contribution in [0.2, 0.25) is 0 Å². The Hall–Kier alpha value is -1.90. The second-order valence-electron chi connectivity index (χ2n) is 7.46. The Balaban J connectivity index is 2.13. The Morgan fingerprint density at radius 1 is 1.19 bits per heavy atom. The topological polar surface area (TPSA) is 49.8 Å². The molecule has 1 N–H and O–H groups in total. The first-order valence-electron chi connectivity index (χ1n) is 8.62. The van der Waals surface area contributed by atoms with E-state index < -0.39 is 35.4 Å². The Morgan fingerprint density at radius 3 is 2.44 bits per heavy atom. The third-order valence-electron chi connectivity index (χ3n) is 5.13. The zero-order chi connectivity index (χ0) is 20.2. The summed E-state index contributed by atoms with van der Waals surface area (Å²) in [5.41, 5.74) is -2.44. The average molecular weight is 393 g/mol. The molecule has 27 heavy (non-hydrogen) atoms. The molecule has 0 spiro atoms. The fourth-order valence-corrected chi connectivity index (χ4v) is 3.58. The monoisotopic (exact) mass is 393 g/mol. The molecule has 2 aliphatic heterocycles. The van der Waals surface area contributed by atoms with Gasteiger partial charge in [-0.2, -0.15) is 22.0 Å². The zero-order valence-electron chi connectivity index (χ0n) is 14.8. The quantitative estimate of drug-likeness (QED) is 0.775. The van der Waals surface area contributed by atoms with Gasteiger partial charge in [-0.1, -0.05) is 0 Å². The summed E-state index contributed by atoms with van der Waals surface area (Å²) in [7, 11) is 0. The molecule has 0 aliphatic carbocycles. The van der Waals surface area contributed by atoms with Gasteiger partial charge in [0.15, 0.2) is 0 Å². The van der Waals surface area contributed by atoms with Gasteiger partial charge in [-0.25, -0.2) is 0 Å². The number of piperidine rings is 1. The van der Waals surface area contributed by atoms with Crippen LogP contribution < -0.4 is 4.74 Å². The predicted octanol–water partition coefficient (Wildman–Crippen LogP) is 3.93. The lowest BCUT2D eigenvalue weighted by atomic mass is 9.83. The minimum Gasteiger partial charge on any atom is -0.485 e. The normalized spacial score (nSPS) is 25.8. The summed E-state index contributed by atoms with van der Waals surface area (Å²) in [5, 5.41) is 10.7. The summed E-state index contributed by atoms with van der Waals surface area (Å²) in [5.74, 6) is -5.26. The molecule has 1 aromatic rings. The SMILES string of the molecule is CC1(C)Oc2ccc(C(F)(F)C(F)(F)F)cc2[C@@H](N2CCCCC2=O)[C@H]1O. The summed E-state index contributed by atoms with van der Waals surface area (Å²) in [6.07, 6.45) is -5.49. The molecule has 0 radical (unpaired) electrons. The molecular weight excluding hydrogens is 373 g/mol. The number of hydrogen-bond acceptors (Lipinski definition) is 3. The summed E-state index contributed by atoms with van der Waals surface area (Å²) in [6.45, 7) is 3.43. The van der Waals surface area contributed by atoms with E-state index in [2.05, 4.69) is 0 Å². The van der Waals surface area contributed by atoms with Crippen LogP contribution in [-0.4, -0.2) is 40.3 Å². The molecule has 2 aliphatic rings. The molecule has 0 saturated carbocycles. The van der Waals surface area contributed by atoms with Gasteiger partial charge in [0, 0.05) is 24.1 Å². The maximum absolute atomic E-state index is 13.8. The number of likely N-dealkylation sites (tertiary alicyclic amines) is 1. The molecule has 2 heterocycles. The lowest BCUT2D eigenvalue weighted by Gasteiger charge is -2.47. The first-order chi connectivity index (χ1) is 12.4. The van der Waals surface area contributed by atoms with Crippen molar-refractivity contribution in [2.24, 2.45) is 0 Å². The summed E-state index contributed by atoms with van der Waals surface area (Å²) in [4.78, 5) is 13.7. The van der Waals surface area contributed by atoms with E-state index in [0.29, 0.717) is 25.0 Å². The van der Waals surface area contributed by atoms with E-state index in [-0.39, 0.29) is 30.2 Å². The first kappa shape index (κ1) is 19.9. The Morgan fingerprint density at radius 2 is 1.85 bits per heavy atom. The van der Waals surface area contributed by atoms with Gasteiger partial charge in [0.1, 0.15) is 17.5 Å². The largest absolute Gasteiger partial charge is 0.485 e. The van der Waals surface area contributed by atoms with Gasteiger partial charge >= 0.3 is 12.1 Å². The highest BCUT2D eigenvalue weighted by Crippen LogP contribution is 2.49. The predicted molar refractivity (Wildman–Crippen MR) is 85.4 cm³/mol. The molecule has 4 nitrogen and oxygen atoms in total. The minimum absolute atomic E-state index is 0.0431. The van der Waals surface area contributed by atoms with Gasteiger partial charge in [0.05, 0.1) is 6.04 Å². The van der Waals surface area contributed by atoms with Crippen LogP contribution in [0.4, 0.5) is 22.0 Å². The molecular formula is C18H20F5NO3. The summed E-state index contributed by atoms with van der Waals surface area (Å²) >= 11 is 0. The summed E-state index contributed by atoms with van der Waals surface area (Å²) in [6, 6.07) is 1.34. The van der Waals surface area contributed by atoms with Crippen molar-refractivity contribution >= 4 is 5.91 Å². The number of aliphatic hydroxyl groups is 1. The smallest absolute Gasteiger partial charge is 0.458 e. The number of benzene rings is 1. The van der Waals surface area contributed by atoms with E-state index in [1.807, 2.05) is 0 Å². The van der Waals surface area contributed by atoms with E-state index in [1.54, 1.807) is 13.8 Å². The highest BCUT2D eigenvalue weighted by Gasteiger charge is 2.59. The van der Waals surface area contributed by atoms with E-state index in [0.717, 1.165) is 6.07 Å². The van der Waals surface area contributed by atoms with Gasteiger partial charge in [-0.3, -0.25) is 4.79 Å². The maximum atomic E-state index is 13.8. The van der Waals surface area contributed by atoms with Crippen molar-refractivity contribution in [2.75, 3.05) is 6.54 Å². The first-order valence-corrected chi connectivity index (χ1v) is 8.62. The molecule has 1 saturated heterocycles. The van der Waals surface area contributed by atoms with Gasteiger partial charge in [0.25, 0.3) is 0 Å². The van der Waals surface area contributed by atoms with Gasteiger partial charge in [-0.15, -0.1) is 0 Å². The molecule has 0 unspecified atom stereocenters. The molecule has 1 fully saturated rings. The fraction of sp³-hybridized carbons (Fsp3) is 0.611. The third kappa shape index (κ3) is 3.26. The molecule has 0 aromatic heterocycles. The Kier molecular flexibility index (Phi) is 4.65. The van der Waals surface area contributed by atoms with Crippen molar-refractivity contribution < 1.29 is 36.6 Å². The average Bonchev–Trinajstić information content (AvgIpc) is 2.55. The van der Waals surface area contributed by atoms with E-state index in [9.17, 15) is 31.9 Å². The van der Waals surface area contributed by atoms with Crippen molar-refractivity contribution in [3.05, 3.63) is 29.3 Å². The second-order valence-corrected chi connectivity index (χ2v) is 7.46. The summed E-state index contributed by atoms with van der Waals surface area (Å²) < 4.78 is 71.6. The van der Waals surface area contributed by atoms with Crippen LogP contribution in [0.5, 0.6) is 5.75 Å². The number of carbonyl (C=O) groups excluding carboxylic acids is 1. The van der Waals surface area contributed by atoms with Gasteiger partial charge in [0.2, 0.25) is 5.91 Å². The Bertz CT molecular complexity index is 747. The van der Waals surface area contributed by atoms with Gasteiger partial charge < -0.3 is 14.7 Å². The number of halogens is 5. The highest BCUT2D eigenvalue weighted by atomic mass is 19.4. The van der Waals surface area contributed by atoms with Crippen molar-refractivity contribution in [3.8, 4) is 5.75 Å². The molecule has 2 atom stereocenters. The number of ether oxygens (including phenoxy) is 1. The van der Waals surface area contributed by atoms with Crippen LogP contribution in [0.25, 0.3) is 0 Å². The number of alkyl halides is 5. The molecule has 3 rings (SSSR count). The van der Waals surface area contributed by atoms with Crippen LogP contribution in [-0.2, 0) is 10.7 Å². The van der Waals surface area contributed by atoms with Crippen LogP contribution in [0.1, 0.15) is 50.3 Å². The van der Waals surface area contributed by atoms with Crippen molar-refractivity contribution in [3.63, 3.8) is 0 Å². The minimum atomic E-state index is -5.76. The van der Waals surface area contributed by atoms with Crippen LogP contribution in [0.3, 0.4) is 0 Å². The van der Waals surface area contributed by atoms with E-state index in [1.165, 1.54) is 4.90 Å². The third-order valence-corrected chi connectivity index (χ3v) is 5.13. The van der Waals surface area contributed by atoms with E-state index in [4.69, 9.17) is 4.74 Å². The number of fused-ring (bicyclic) bond motifs is 1. The number of nitrogens with zero attached hydrogens (tertiary/aromatic N) is 1. The molecule has 0 bridgehead atoms. The zero-order valence-corrected chi connectivity index (χ0v) is 14.8. The molecule has 1 aromatic carbocycles. The van der Waals surface area contributed by atoms with Crippen LogP contribution in [0, 0.1) is 0 Å². The van der Waals surface area contributed by atoms with Crippen LogP contribution in [0.15, 0.2) is 18.2 Å². The molecule has 150 valence electrons. The lowest BCUT2D eigenvalue weighted by molar-refractivity contribution is -0.289. The lowest BCUT2D eigenvalue weighted by Crippen LogP contribution is -2.55. The number of aliphatic hydroxyl groups excluding tert-OH is 1. The number of hydrogen-bond donors (Lipinski definition) is 1. The number of rotatable bonds is 2. The second kappa shape index (κ2) is 6.32. The molecule has 1 amide bonds. The van der Waals surface area contributed by atoms with Crippen molar-refractivity contribution in [1.29, 1.82) is 0 Å². The highest BCUT2D eigenvalue weighted by molar-refractivity contribution is 5.77. The van der Waals surface area contributed by atoms with Crippen molar-refractivity contribution in [1.82, 2.24) is 4.90 Å². The van der Waals surface area contributed by atoms with Crippen molar-refractivity contribution in [2.45, 2.75) is 63.0 Å². The maximum Gasteiger partial charge on any atom is 0.458 e. The Labute approximate surface area is 152 Å². The van der Waals surface area contributed by atoms with E-state index >= 15 is 0 Å².